The summed E-state index contributed by atoms with van der Waals surface area (Å²) in [5.41, 5.74) is 0.979. The van der Waals surface area contributed by atoms with Crippen LogP contribution in [0.4, 0.5) is 0 Å². The van der Waals surface area contributed by atoms with Crippen molar-refractivity contribution in [1.29, 1.82) is 0 Å². The zero-order chi connectivity index (χ0) is 8.10. The van der Waals surface area contributed by atoms with Gasteiger partial charge in [0.25, 0.3) is 0 Å². The Morgan fingerprint density at radius 1 is 1.82 bits per heavy atom. The van der Waals surface area contributed by atoms with Crippen molar-refractivity contribution in [3.8, 4) is 0 Å². The van der Waals surface area contributed by atoms with Gasteiger partial charge in [-0.05, 0) is 17.7 Å². The van der Waals surface area contributed by atoms with E-state index in [9.17, 15) is 4.79 Å². The maximum atomic E-state index is 10.8. The highest BCUT2D eigenvalue weighted by molar-refractivity contribution is 5.78. The van der Waals surface area contributed by atoms with Crippen LogP contribution >= 0.6 is 0 Å². The molecule has 1 aliphatic rings. The highest BCUT2D eigenvalue weighted by Crippen LogP contribution is 2.07. The minimum absolute atomic E-state index is 0.0946. The van der Waals surface area contributed by atoms with Gasteiger partial charge in [0.1, 0.15) is 6.61 Å². The standard InChI is InChI=1S/C8H10NO2/c1-9-8(10)6-7-2-4-11-5-3-7/h2-4H,5-6H2,1H3. The van der Waals surface area contributed by atoms with Crippen molar-refractivity contribution in [2.24, 2.45) is 0 Å². The Hall–Kier alpha value is -1.25. The number of rotatable bonds is 2. The number of allylic oxidation sites excluding steroid dienone is 1. The first-order valence-corrected chi connectivity index (χ1v) is 3.43. The van der Waals surface area contributed by atoms with Crippen molar-refractivity contribution in [3.05, 3.63) is 24.0 Å². The first-order chi connectivity index (χ1) is 5.33. The van der Waals surface area contributed by atoms with E-state index in [1.165, 1.54) is 7.05 Å². The monoisotopic (exact) mass is 152 g/mol. The van der Waals surface area contributed by atoms with Gasteiger partial charge < -0.3 is 4.74 Å². The van der Waals surface area contributed by atoms with E-state index in [4.69, 9.17) is 4.74 Å². The van der Waals surface area contributed by atoms with Crippen LogP contribution in [-0.2, 0) is 9.53 Å². The van der Waals surface area contributed by atoms with Crippen molar-refractivity contribution in [1.82, 2.24) is 5.32 Å². The number of hydrogen-bond acceptors (Lipinski definition) is 2. The molecule has 0 aromatic heterocycles. The van der Waals surface area contributed by atoms with Crippen molar-refractivity contribution < 1.29 is 9.53 Å². The maximum Gasteiger partial charge on any atom is 0.245 e. The van der Waals surface area contributed by atoms with Crippen molar-refractivity contribution in [3.63, 3.8) is 0 Å². The fourth-order valence-electron chi connectivity index (χ4n) is 0.799. The zero-order valence-corrected chi connectivity index (χ0v) is 6.41. The van der Waals surface area contributed by atoms with E-state index in [2.05, 4.69) is 5.32 Å². The third kappa shape index (κ3) is 2.45. The number of amides is 1. The van der Waals surface area contributed by atoms with Gasteiger partial charge in [-0.25, -0.2) is 0 Å². The molecule has 0 aromatic rings. The topological polar surface area (TPSA) is 40.4 Å². The van der Waals surface area contributed by atoms with Crippen LogP contribution in [0.15, 0.2) is 24.0 Å². The van der Waals surface area contributed by atoms with Crippen LogP contribution < -0.4 is 5.32 Å². The second-order valence-corrected chi connectivity index (χ2v) is 2.21. The molecule has 0 N–H and O–H groups in total. The number of hydrogen-bond donors (Lipinski definition) is 0. The van der Waals surface area contributed by atoms with E-state index in [1.54, 1.807) is 12.3 Å². The fraction of sp³-hybridized carbons (Fsp3) is 0.375. The summed E-state index contributed by atoms with van der Waals surface area (Å²) in [7, 11) is 1.51. The first-order valence-electron chi connectivity index (χ1n) is 3.43. The van der Waals surface area contributed by atoms with Crippen molar-refractivity contribution >= 4 is 5.91 Å². The van der Waals surface area contributed by atoms with Gasteiger partial charge in [0.2, 0.25) is 5.91 Å². The molecule has 0 aromatic carbocycles. The lowest BCUT2D eigenvalue weighted by atomic mass is 10.1. The highest BCUT2D eigenvalue weighted by atomic mass is 16.5. The highest BCUT2D eigenvalue weighted by Gasteiger charge is 2.03. The summed E-state index contributed by atoms with van der Waals surface area (Å²) >= 11 is 0. The molecule has 0 fully saturated rings. The Balaban J connectivity index is 2.42. The Bertz CT molecular complexity index is 206. The number of carbonyl (C=O) groups is 1. The van der Waals surface area contributed by atoms with E-state index in [1.807, 2.05) is 6.08 Å². The molecule has 0 bridgehead atoms. The van der Waals surface area contributed by atoms with Crippen LogP contribution in [0.25, 0.3) is 0 Å². The molecule has 0 aliphatic carbocycles. The van der Waals surface area contributed by atoms with Crippen LogP contribution in [0.1, 0.15) is 6.42 Å². The maximum absolute atomic E-state index is 10.8. The lowest BCUT2D eigenvalue weighted by molar-refractivity contribution is -0.120. The van der Waals surface area contributed by atoms with Gasteiger partial charge in [-0.2, -0.15) is 0 Å². The third-order valence-corrected chi connectivity index (χ3v) is 1.42. The lowest BCUT2D eigenvalue weighted by Crippen LogP contribution is -2.11. The Kier molecular flexibility index (Phi) is 2.72. The zero-order valence-electron chi connectivity index (χ0n) is 6.41. The number of carbonyl (C=O) groups excluding carboxylic acids is 1. The Morgan fingerprint density at radius 3 is 3.18 bits per heavy atom. The minimum atomic E-state index is -0.0946. The van der Waals surface area contributed by atoms with Crippen LogP contribution in [0.3, 0.4) is 0 Å². The molecule has 0 atom stereocenters. The quantitative estimate of drug-likeness (QED) is 0.581. The molecular weight excluding hydrogens is 142 g/mol. The van der Waals surface area contributed by atoms with Crippen molar-refractivity contribution in [2.75, 3.05) is 13.7 Å². The SMILES string of the molecule is C[N]C(=O)CC1=CCOC=C1. The predicted molar refractivity (Wildman–Crippen MR) is 40.9 cm³/mol. The summed E-state index contributed by atoms with van der Waals surface area (Å²) in [6, 6.07) is 0. The van der Waals surface area contributed by atoms with Gasteiger partial charge in [-0.1, -0.05) is 0 Å². The summed E-state index contributed by atoms with van der Waals surface area (Å²) in [6.45, 7) is 0.558. The summed E-state index contributed by atoms with van der Waals surface area (Å²) in [4.78, 5) is 10.8. The second-order valence-electron chi connectivity index (χ2n) is 2.21. The van der Waals surface area contributed by atoms with Gasteiger partial charge in [0, 0.05) is 7.05 Å². The first kappa shape index (κ1) is 7.85. The lowest BCUT2D eigenvalue weighted by Gasteiger charge is -2.05. The number of nitrogens with zero attached hydrogens (tertiary/aromatic N) is 1. The van der Waals surface area contributed by atoms with Crippen molar-refractivity contribution in [2.45, 2.75) is 6.42 Å². The predicted octanol–water partition coefficient (Wildman–Crippen LogP) is 0.608. The molecule has 1 radical (unpaired) electrons. The smallest absolute Gasteiger partial charge is 0.245 e. The van der Waals surface area contributed by atoms with Crippen LogP contribution in [-0.4, -0.2) is 19.6 Å². The molecule has 1 heterocycles. The molecule has 1 rings (SSSR count). The van der Waals surface area contributed by atoms with Gasteiger partial charge in [0.15, 0.2) is 0 Å². The molecule has 3 heteroatoms. The second kappa shape index (κ2) is 3.81. The van der Waals surface area contributed by atoms with Crippen LogP contribution in [0, 0.1) is 0 Å². The van der Waals surface area contributed by atoms with E-state index in [0.717, 1.165) is 5.57 Å². The third-order valence-electron chi connectivity index (χ3n) is 1.42. The van der Waals surface area contributed by atoms with Crippen LogP contribution in [0.2, 0.25) is 0 Å². The summed E-state index contributed by atoms with van der Waals surface area (Å²) < 4.78 is 4.92. The Morgan fingerprint density at radius 2 is 2.64 bits per heavy atom. The molecule has 3 nitrogen and oxygen atoms in total. The molecule has 0 spiro atoms. The van der Waals surface area contributed by atoms with Gasteiger partial charge >= 0.3 is 0 Å². The van der Waals surface area contributed by atoms with E-state index in [-0.39, 0.29) is 5.91 Å². The molecule has 11 heavy (non-hydrogen) atoms. The van der Waals surface area contributed by atoms with E-state index in [0.29, 0.717) is 13.0 Å². The molecule has 0 saturated carbocycles. The summed E-state index contributed by atoms with van der Waals surface area (Å²) in [5, 5.41) is 3.53. The normalized spacial score (nSPS) is 15.2. The van der Waals surface area contributed by atoms with Crippen LogP contribution in [0.5, 0.6) is 0 Å². The molecule has 0 unspecified atom stereocenters. The van der Waals surface area contributed by atoms with Gasteiger partial charge in [0.05, 0.1) is 12.7 Å². The number of ether oxygens (including phenoxy) is 1. The summed E-state index contributed by atoms with van der Waals surface area (Å²) in [5.74, 6) is -0.0946. The summed E-state index contributed by atoms with van der Waals surface area (Å²) in [6.07, 6.45) is 5.64. The van der Waals surface area contributed by atoms with Gasteiger partial charge in [-0.3, -0.25) is 10.1 Å². The molecule has 1 aliphatic heterocycles. The minimum Gasteiger partial charge on any atom is -0.497 e. The molecular formula is C8H10NO2. The molecule has 1 amide bonds. The fourth-order valence-corrected chi connectivity index (χ4v) is 0.799. The van der Waals surface area contributed by atoms with E-state index < -0.39 is 0 Å². The molecule has 0 saturated heterocycles. The molecule has 59 valence electrons. The average molecular weight is 152 g/mol. The largest absolute Gasteiger partial charge is 0.497 e. The van der Waals surface area contributed by atoms with Gasteiger partial charge in [-0.15, -0.1) is 0 Å². The Labute approximate surface area is 65.7 Å². The average Bonchev–Trinajstić information content (AvgIpc) is 2.06. The van der Waals surface area contributed by atoms with E-state index >= 15 is 0 Å².